The Morgan fingerprint density at radius 1 is 0.905 bits per heavy atom. The van der Waals surface area contributed by atoms with Crippen LogP contribution < -0.4 is 5.32 Å². The molecular weight excluding hydrogens is 282 g/mol. The lowest BCUT2D eigenvalue weighted by molar-refractivity contribution is 1.15. The molecule has 1 N–H and O–H groups in total. The lowest BCUT2D eigenvalue weighted by atomic mass is 10.0. The summed E-state index contributed by atoms with van der Waals surface area (Å²) >= 11 is 6.23. The summed E-state index contributed by atoms with van der Waals surface area (Å²) in [5.41, 5.74) is 4.00. The molecule has 21 heavy (non-hydrogen) atoms. The number of benzene rings is 2. The van der Waals surface area contributed by atoms with Crippen LogP contribution in [-0.2, 0) is 0 Å². The number of nitrogens with zero attached hydrogens (tertiary/aromatic N) is 2. The Hall–Kier alpha value is -2.39. The van der Waals surface area contributed by atoms with Crippen molar-refractivity contribution in [2.24, 2.45) is 0 Å². The SMILES string of the molecule is CNc1ncc(Cl)c(-c2cccc(-c3ccccc3)c2)n1. The van der Waals surface area contributed by atoms with Crippen LogP contribution >= 0.6 is 11.6 Å². The van der Waals surface area contributed by atoms with Crippen LogP contribution in [0.4, 0.5) is 5.95 Å². The summed E-state index contributed by atoms with van der Waals surface area (Å²) in [5.74, 6) is 0.555. The minimum absolute atomic E-state index is 0.541. The second-order valence-electron chi connectivity index (χ2n) is 4.59. The minimum atomic E-state index is 0.541. The maximum Gasteiger partial charge on any atom is 0.223 e. The van der Waals surface area contributed by atoms with Gasteiger partial charge in [0.2, 0.25) is 5.95 Å². The molecule has 1 aromatic heterocycles. The van der Waals surface area contributed by atoms with Crippen molar-refractivity contribution in [3.05, 3.63) is 65.8 Å². The van der Waals surface area contributed by atoms with E-state index in [0.717, 1.165) is 16.8 Å². The molecule has 1 heterocycles. The molecule has 0 fully saturated rings. The normalized spacial score (nSPS) is 10.4. The molecule has 3 nitrogen and oxygen atoms in total. The summed E-state index contributed by atoms with van der Waals surface area (Å²) in [7, 11) is 1.79. The Morgan fingerprint density at radius 3 is 2.38 bits per heavy atom. The van der Waals surface area contributed by atoms with Crippen LogP contribution in [-0.4, -0.2) is 17.0 Å². The number of hydrogen-bond acceptors (Lipinski definition) is 3. The van der Waals surface area contributed by atoms with Crippen molar-refractivity contribution in [2.45, 2.75) is 0 Å². The molecule has 0 radical (unpaired) electrons. The Balaban J connectivity index is 2.08. The summed E-state index contributed by atoms with van der Waals surface area (Å²) < 4.78 is 0. The molecule has 0 unspecified atom stereocenters. The number of hydrogen-bond donors (Lipinski definition) is 1. The van der Waals surface area contributed by atoms with Gasteiger partial charge in [-0.2, -0.15) is 0 Å². The molecule has 2 aromatic carbocycles. The van der Waals surface area contributed by atoms with Crippen LogP contribution in [0.15, 0.2) is 60.8 Å². The van der Waals surface area contributed by atoms with Crippen LogP contribution in [0.25, 0.3) is 22.4 Å². The second-order valence-corrected chi connectivity index (χ2v) is 4.99. The van der Waals surface area contributed by atoms with Gasteiger partial charge in [-0.15, -0.1) is 0 Å². The first-order valence-electron chi connectivity index (χ1n) is 6.64. The van der Waals surface area contributed by atoms with Gasteiger partial charge in [0, 0.05) is 12.6 Å². The van der Waals surface area contributed by atoms with E-state index in [4.69, 9.17) is 11.6 Å². The summed E-state index contributed by atoms with van der Waals surface area (Å²) in [6.07, 6.45) is 1.62. The largest absolute Gasteiger partial charge is 0.357 e. The van der Waals surface area contributed by atoms with Gasteiger partial charge in [-0.3, -0.25) is 0 Å². The highest BCUT2D eigenvalue weighted by Crippen LogP contribution is 2.29. The Labute approximate surface area is 128 Å². The number of anilines is 1. The highest BCUT2D eigenvalue weighted by molar-refractivity contribution is 6.32. The first-order valence-corrected chi connectivity index (χ1v) is 7.02. The molecule has 4 heteroatoms. The van der Waals surface area contributed by atoms with Gasteiger partial charge in [0.05, 0.1) is 16.9 Å². The van der Waals surface area contributed by atoms with E-state index in [0.29, 0.717) is 11.0 Å². The van der Waals surface area contributed by atoms with E-state index in [1.165, 1.54) is 5.56 Å². The fourth-order valence-corrected chi connectivity index (χ4v) is 2.37. The molecule has 0 aliphatic carbocycles. The van der Waals surface area contributed by atoms with E-state index < -0.39 is 0 Å². The molecule has 0 aliphatic rings. The van der Waals surface area contributed by atoms with E-state index in [-0.39, 0.29) is 0 Å². The lowest BCUT2D eigenvalue weighted by Gasteiger charge is -2.08. The highest BCUT2D eigenvalue weighted by Gasteiger charge is 2.08. The summed E-state index contributed by atoms with van der Waals surface area (Å²) in [4.78, 5) is 8.55. The molecule has 0 amide bonds. The zero-order valence-electron chi connectivity index (χ0n) is 11.5. The van der Waals surface area contributed by atoms with Crippen molar-refractivity contribution < 1.29 is 0 Å². The Bertz CT molecular complexity index is 757. The van der Waals surface area contributed by atoms with Crippen LogP contribution in [0.1, 0.15) is 0 Å². The predicted octanol–water partition coefficient (Wildman–Crippen LogP) is 4.51. The van der Waals surface area contributed by atoms with Gasteiger partial charge < -0.3 is 5.32 Å². The maximum absolute atomic E-state index is 6.23. The van der Waals surface area contributed by atoms with Crippen molar-refractivity contribution in [1.82, 2.24) is 9.97 Å². The molecule has 0 saturated heterocycles. The molecule has 104 valence electrons. The Kier molecular flexibility index (Phi) is 3.84. The summed E-state index contributed by atoms with van der Waals surface area (Å²) in [5, 5.41) is 3.47. The number of nitrogens with one attached hydrogen (secondary N) is 1. The van der Waals surface area contributed by atoms with E-state index in [2.05, 4.69) is 39.6 Å². The second kappa shape index (κ2) is 5.94. The van der Waals surface area contributed by atoms with Gasteiger partial charge in [0.1, 0.15) is 0 Å². The van der Waals surface area contributed by atoms with E-state index in [9.17, 15) is 0 Å². The van der Waals surface area contributed by atoms with Gasteiger partial charge in [-0.05, 0) is 17.2 Å². The lowest BCUT2D eigenvalue weighted by Crippen LogP contribution is -1.97. The third-order valence-electron chi connectivity index (χ3n) is 3.21. The molecule has 3 aromatic rings. The van der Waals surface area contributed by atoms with E-state index >= 15 is 0 Å². The number of halogens is 1. The first kappa shape index (κ1) is 13.6. The van der Waals surface area contributed by atoms with Gasteiger partial charge in [0.15, 0.2) is 0 Å². The highest BCUT2D eigenvalue weighted by atomic mass is 35.5. The smallest absolute Gasteiger partial charge is 0.223 e. The molecular formula is C17H14ClN3. The predicted molar refractivity (Wildman–Crippen MR) is 87.5 cm³/mol. The molecule has 0 saturated carbocycles. The van der Waals surface area contributed by atoms with Crippen molar-refractivity contribution in [3.63, 3.8) is 0 Å². The molecule has 0 bridgehead atoms. The minimum Gasteiger partial charge on any atom is -0.357 e. The Morgan fingerprint density at radius 2 is 1.62 bits per heavy atom. The van der Waals surface area contributed by atoms with Crippen molar-refractivity contribution in [3.8, 4) is 22.4 Å². The summed E-state index contributed by atoms with van der Waals surface area (Å²) in [6, 6.07) is 18.4. The summed E-state index contributed by atoms with van der Waals surface area (Å²) in [6.45, 7) is 0. The standard InChI is InChI=1S/C17H14ClN3/c1-19-17-20-11-15(18)16(21-17)14-9-5-8-13(10-14)12-6-3-2-4-7-12/h2-11H,1H3,(H,19,20,21). The van der Waals surface area contributed by atoms with E-state index in [1.54, 1.807) is 13.2 Å². The number of aromatic nitrogens is 2. The van der Waals surface area contributed by atoms with E-state index in [1.807, 2.05) is 30.3 Å². The quantitative estimate of drug-likeness (QED) is 0.773. The van der Waals surface area contributed by atoms with Gasteiger partial charge in [-0.25, -0.2) is 9.97 Å². The first-order chi connectivity index (χ1) is 10.3. The van der Waals surface area contributed by atoms with Crippen LogP contribution in [0, 0.1) is 0 Å². The maximum atomic E-state index is 6.23. The fraction of sp³-hybridized carbons (Fsp3) is 0.0588. The van der Waals surface area contributed by atoms with Crippen LogP contribution in [0.2, 0.25) is 5.02 Å². The van der Waals surface area contributed by atoms with Crippen molar-refractivity contribution in [2.75, 3.05) is 12.4 Å². The monoisotopic (exact) mass is 295 g/mol. The van der Waals surface area contributed by atoms with Crippen molar-refractivity contribution in [1.29, 1.82) is 0 Å². The average molecular weight is 296 g/mol. The third kappa shape index (κ3) is 2.88. The molecule has 0 spiro atoms. The van der Waals surface area contributed by atoms with Gasteiger partial charge in [0.25, 0.3) is 0 Å². The zero-order chi connectivity index (χ0) is 14.7. The van der Waals surface area contributed by atoms with Crippen LogP contribution in [0.5, 0.6) is 0 Å². The number of rotatable bonds is 3. The third-order valence-corrected chi connectivity index (χ3v) is 3.49. The molecule has 3 rings (SSSR count). The van der Waals surface area contributed by atoms with Crippen molar-refractivity contribution >= 4 is 17.5 Å². The average Bonchev–Trinajstić information content (AvgIpc) is 2.56. The zero-order valence-corrected chi connectivity index (χ0v) is 12.3. The van der Waals surface area contributed by atoms with Gasteiger partial charge in [-0.1, -0.05) is 60.1 Å². The molecule has 0 atom stereocenters. The fourth-order valence-electron chi connectivity index (χ4n) is 2.17. The topological polar surface area (TPSA) is 37.8 Å². The molecule has 0 aliphatic heterocycles. The van der Waals surface area contributed by atoms with Gasteiger partial charge >= 0.3 is 0 Å². The van der Waals surface area contributed by atoms with Crippen LogP contribution in [0.3, 0.4) is 0 Å².